The van der Waals surface area contributed by atoms with Gasteiger partial charge in [-0.2, -0.15) is 5.10 Å². The highest BCUT2D eigenvalue weighted by Crippen LogP contribution is 2.25. The molecule has 29 heavy (non-hydrogen) atoms. The van der Waals surface area contributed by atoms with E-state index in [2.05, 4.69) is 45.0 Å². The average molecular weight is 399 g/mol. The van der Waals surface area contributed by atoms with Crippen LogP contribution < -0.4 is 5.32 Å². The lowest BCUT2D eigenvalue weighted by atomic mass is 10.1. The van der Waals surface area contributed by atoms with Gasteiger partial charge in [-0.3, -0.25) is 14.3 Å². The molecule has 7 heteroatoms. The van der Waals surface area contributed by atoms with Gasteiger partial charge in [0.2, 0.25) is 0 Å². The van der Waals surface area contributed by atoms with E-state index in [1.807, 2.05) is 10.7 Å². The van der Waals surface area contributed by atoms with Crippen molar-refractivity contribution in [2.24, 2.45) is 0 Å². The molecule has 0 saturated carbocycles. The predicted octanol–water partition coefficient (Wildman–Crippen LogP) is 3.49. The normalized spacial score (nSPS) is 14.9. The molecular weight excluding hydrogens is 368 g/mol. The topological polar surface area (TPSA) is 76.5 Å². The summed E-state index contributed by atoms with van der Waals surface area (Å²) in [7, 11) is 0. The first-order chi connectivity index (χ1) is 13.7. The van der Waals surface area contributed by atoms with Gasteiger partial charge in [0.25, 0.3) is 11.8 Å². The van der Waals surface area contributed by atoms with E-state index in [9.17, 15) is 9.59 Å². The van der Waals surface area contributed by atoms with Crippen LogP contribution in [0.25, 0.3) is 0 Å². The fraction of sp³-hybridized carbons (Fsp3) is 0.500. The minimum absolute atomic E-state index is 0.104. The quantitative estimate of drug-likeness (QED) is 0.855. The number of carbonyl (C=O) groups is 2. The molecule has 3 rings (SSSR count). The maximum atomic E-state index is 12.9. The second kappa shape index (κ2) is 8.37. The predicted molar refractivity (Wildman–Crippen MR) is 112 cm³/mol. The van der Waals surface area contributed by atoms with Crippen LogP contribution in [0.1, 0.15) is 67.1 Å². The highest BCUT2D eigenvalue weighted by molar-refractivity contribution is 6.08. The zero-order chi connectivity index (χ0) is 21.2. The van der Waals surface area contributed by atoms with Gasteiger partial charge in [0.15, 0.2) is 5.69 Å². The second-order valence-electron chi connectivity index (χ2n) is 8.60. The van der Waals surface area contributed by atoms with Gasteiger partial charge in [0.1, 0.15) is 0 Å². The first kappa shape index (κ1) is 21.0. The van der Waals surface area contributed by atoms with E-state index < -0.39 is 0 Å². The van der Waals surface area contributed by atoms with Gasteiger partial charge >= 0.3 is 0 Å². The number of rotatable bonds is 4. The molecule has 2 amide bonds. The molecular formula is C22H30N4O3. The molecule has 1 fully saturated rings. The zero-order valence-electron chi connectivity index (χ0n) is 17.9. The van der Waals surface area contributed by atoms with E-state index in [1.165, 1.54) is 0 Å². The lowest BCUT2D eigenvalue weighted by Gasteiger charge is -2.27. The van der Waals surface area contributed by atoms with Gasteiger partial charge in [0.05, 0.1) is 30.0 Å². The Morgan fingerprint density at radius 1 is 1.14 bits per heavy atom. The summed E-state index contributed by atoms with van der Waals surface area (Å²) in [6, 6.07) is 8.92. The van der Waals surface area contributed by atoms with E-state index >= 15 is 0 Å². The number of anilines is 1. The Morgan fingerprint density at radius 2 is 1.79 bits per heavy atom. The average Bonchev–Trinajstić information content (AvgIpc) is 3.15. The highest BCUT2D eigenvalue weighted by atomic mass is 16.5. The van der Waals surface area contributed by atoms with E-state index in [4.69, 9.17) is 4.74 Å². The number of amides is 2. The maximum Gasteiger partial charge on any atom is 0.276 e. The SMILES string of the molecule is CC(C)c1cc(C(=O)Nc2ccccc2C(=O)N2CCOCC2)nn1C(C)(C)C. The lowest BCUT2D eigenvalue weighted by Crippen LogP contribution is -2.41. The molecule has 0 bridgehead atoms. The molecule has 1 N–H and O–H groups in total. The molecule has 156 valence electrons. The van der Waals surface area contributed by atoms with Crippen LogP contribution >= 0.6 is 0 Å². The van der Waals surface area contributed by atoms with Gasteiger partial charge in [0, 0.05) is 18.8 Å². The molecule has 1 aromatic carbocycles. The van der Waals surface area contributed by atoms with Crippen LogP contribution in [-0.4, -0.2) is 52.8 Å². The molecule has 2 heterocycles. The van der Waals surface area contributed by atoms with Gasteiger partial charge in [-0.1, -0.05) is 26.0 Å². The van der Waals surface area contributed by atoms with Crippen LogP contribution in [0.3, 0.4) is 0 Å². The first-order valence-electron chi connectivity index (χ1n) is 10.1. The van der Waals surface area contributed by atoms with Crippen molar-refractivity contribution in [1.29, 1.82) is 0 Å². The van der Waals surface area contributed by atoms with Crippen molar-refractivity contribution in [3.05, 3.63) is 47.3 Å². The summed E-state index contributed by atoms with van der Waals surface area (Å²) in [5.41, 5.74) is 2.08. The number of carbonyl (C=O) groups excluding carboxylic acids is 2. The maximum absolute atomic E-state index is 12.9. The summed E-state index contributed by atoms with van der Waals surface area (Å²) < 4.78 is 7.22. The Morgan fingerprint density at radius 3 is 2.38 bits per heavy atom. The Hall–Kier alpha value is -2.67. The third-order valence-corrected chi connectivity index (χ3v) is 4.90. The second-order valence-corrected chi connectivity index (χ2v) is 8.60. The molecule has 0 spiro atoms. The van der Waals surface area contributed by atoms with Crippen molar-refractivity contribution in [3.63, 3.8) is 0 Å². The fourth-order valence-corrected chi connectivity index (χ4v) is 3.36. The number of aromatic nitrogens is 2. The monoisotopic (exact) mass is 398 g/mol. The number of ether oxygens (including phenoxy) is 1. The number of hydrogen-bond acceptors (Lipinski definition) is 4. The number of benzene rings is 1. The number of hydrogen-bond donors (Lipinski definition) is 1. The third-order valence-electron chi connectivity index (χ3n) is 4.90. The van der Waals surface area contributed by atoms with Crippen molar-refractivity contribution in [2.45, 2.75) is 46.1 Å². The Labute approximate surface area is 172 Å². The zero-order valence-corrected chi connectivity index (χ0v) is 17.9. The molecule has 1 aromatic heterocycles. The van der Waals surface area contributed by atoms with Crippen molar-refractivity contribution >= 4 is 17.5 Å². The minimum atomic E-state index is -0.322. The Bertz CT molecular complexity index is 890. The summed E-state index contributed by atoms with van der Waals surface area (Å²) in [4.78, 5) is 27.6. The van der Waals surface area contributed by atoms with Crippen molar-refractivity contribution in [2.75, 3.05) is 31.6 Å². The molecule has 0 atom stereocenters. The van der Waals surface area contributed by atoms with Crippen molar-refractivity contribution in [3.8, 4) is 0 Å². The fourth-order valence-electron chi connectivity index (χ4n) is 3.36. The smallest absolute Gasteiger partial charge is 0.276 e. The summed E-state index contributed by atoms with van der Waals surface area (Å²) in [6.07, 6.45) is 0. The van der Waals surface area contributed by atoms with Crippen LogP contribution in [-0.2, 0) is 10.3 Å². The van der Waals surface area contributed by atoms with Crippen LogP contribution in [0.5, 0.6) is 0 Å². The Kier molecular flexibility index (Phi) is 6.07. The van der Waals surface area contributed by atoms with Gasteiger partial charge < -0.3 is 15.0 Å². The summed E-state index contributed by atoms with van der Waals surface area (Å²) in [5, 5.41) is 7.44. The first-order valence-corrected chi connectivity index (χ1v) is 10.1. The van der Waals surface area contributed by atoms with Crippen LogP contribution in [0.2, 0.25) is 0 Å². The summed E-state index contributed by atoms with van der Waals surface area (Å²) in [6.45, 7) is 12.5. The van der Waals surface area contributed by atoms with E-state index in [1.54, 1.807) is 29.2 Å². The lowest BCUT2D eigenvalue weighted by molar-refractivity contribution is 0.0303. The van der Waals surface area contributed by atoms with Gasteiger partial charge in [-0.25, -0.2) is 0 Å². The van der Waals surface area contributed by atoms with E-state index in [0.717, 1.165) is 5.69 Å². The van der Waals surface area contributed by atoms with Crippen LogP contribution in [0.15, 0.2) is 30.3 Å². The molecule has 1 aliphatic heterocycles. The minimum Gasteiger partial charge on any atom is -0.378 e. The molecule has 0 aliphatic carbocycles. The highest BCUT2D eigenvalue weighted by Gasteiger charge is 2.25. The number of nitrogens with one attached hydrogen (secondary N) is 1. The molecule has 0 unspecified atom stereocenters. The van der Waals surface area contributed by atoms with Gasteiger partial charge in [-0.15, -0.1) is 0 Å². The van der Waals surface area contributed by atoms with E-state index in [-0.39, 0.29) is 23.3 Å². The summed E-state index contributed by atoms with van der Waals surface area (Å²) >= 11 is 0. The summed E-state index contributed by atoms with van der Waals surface area (Å²) in [5.74, 6) is -0.192. The Balaban J connectivity index is 1.86. The molecule has 1 aliphatic rings. The van der Waals surface area contributed by atoms with Crippen molar-refractivity contribution < 1.29 is 14.3 Å². The molecule has 1 saturated heterocycles. The number of morpholine rings is 1. The van der Waals surface area contributed by atoms with Gasteiger partial charge in [-0.05, 0) is 44.9 Å². The van der Waals surface area contributed by atoms with Crippen LogP contribution in [0.4, 0.5) is 5.69 Å². The third kappa shape index (κ3) is 4.67. The number of nitrogens with zero attached hydrogens (tertiary/aromatic N) is 3. The molecule has 0 radical (unpaired) electrons. The standard InChI is InChI=1S/C22H30N4O3/c1-15(2)19-14-18(24-26(19)22(3,4)5)20(27)23-17-9-7-6-8-16(17)21(28)25-10-12-29-13-11-25/h6-9,14-15H,10-13H2,1-5H3,(H,23,27). The largest absolute Gasteiger partial charge is 0.378 e. The van der Waals surface area contributed by atoms with Crippen LogP contribution in [0, 0.1) is 0 Å². The number of para-hydroxylation sites is 1. The van der Waals surface area contributed by atoms with Crippen molar-refractivity contribution in [1.82, 2.24) is 14.7 Å². The van der Waals surface area contributed by atoms with E-state index in [0.29, 0.717) is 43.2 Å². The molecule has 2 aromatic rings. The molecule has 7 nitrogen and oxygen atoms in total.